The minimum absolute atomic E-state index is 0.210. The first-order valence-electron chi connectivity index (χ1n) is 15.2. The largest absolute Gasteiger partial charge is 0.497 e. The summed E-state index contributed by atoms with van der Waals surface area (Å²) >= 11 is 3.03. The number of fused-ring (bicyclic) bond motifs is 1. The molecule has 0 spiro atoms. The van der Waals surface area contributed by atoms with E-state index in [9.17, 15) is 4.79 Å². The molecular weight excluding hydrogens is 613 g/mol. The van der Waals surface area contributed by atoms with Gasteiger partial charge in [-0.25, -0.2) is 8.42 Å². The molecule has 0 N–H and O–H groups in total. The van der Waals surface area contributed by atoms with Crippen molar-refractivity contribution in [3.05, 3.63) is 77.9 Å². The number of para-hydroxylation sites is 1. The first kappa shape index (κ1) is 34.2. The summed E-state index contributed by atoms with van der Waals surface area (Å²) in [6, 6.07) is 21.6. The van der Waals surface area contributed by atoms with Gasteiger partial charge in [0.1, 0.15) is 10.6 Å². The van der Waals surface area contributed by atoms with Gasteiger partial charge in [-0.3, -0.25) is 4.79 Å². The maximum atomic E-state index is 15.1. The Balaban J connectivity index is 1.91. The zero-order valence-corrected chi connectivity index (χ0v) is 28.8. The number of benzene rings is 3. The lowest BCUT2D eigenvalue weighted by atomic mass is 9.88. The van der Waals surface area contributed by atoms with Crippen molar-refractivity contribution in [2.24, 2.45) is 0 Å². The zero-order valence-electron chi connectivity index (χ0n) is 26.4. The van der Waals surface area contributed by atoms with E-state index in [0.29, 0.717) is 35.9 Å². The van der Waals surface area contributed by atoms with Crippen molar-refractivity contribution in [2.45, 2.75) is 74.1 Å². The third-order valence-corrected chi connectivity index (χ3v) is 11.9. The van der Waals surface area contributed by atoms with Gasteiger partial charge in [0.2, 0.25) is 10.0 Å². The molecule has 0 fully saturated rings. The molecular formula is C34H44N2O5S3. The van der Waals surface area contributed by atoms with Crippen molar-refractivity contribution < 1.29 is 22.7 Å². The fourth-order valence-corrected chi connectivity index (χ4v) is 9.35. The number of sulfonamides is 1. The summed E-state index contributed by atoms with van der Waals surface area (Å²) in [5.74, 6) is 1.17. The van der Waals surface area contributed by atoms with Crippen LogP contribution in [-0.2, 0) is 31.9 Å². The molecule has 0 aromatic heterocycles. The van der Waals surface area contributed by atoms with Gasteiger partial charge in [-0.1, -0.05) is 57.0 Å². The van der Waals surface area contributed by atoms with Crippen molar-refractivity contribution >= 4 is 50.9 Å². The van der Waals surface area contributed by atoms with Gasteiger partial charge in [0.05, 0.1) is 30.7 Å². The second-order valence-corrected chi connectivity index (χ2v) is 14.6. The summed E-state index contributed by atoms with van der Waals surface area (Å²) in [4.78, 5) is 15.5. The van der Waals surface area contributed by atoms with Crippen LogP contribution in [0.4, 0.5) is 11.4 Å². The molecule has 3 aromatic rings. The van der Waals surface area contributed by atoms with E-state index in [2.05, 4.69) is 30.9 Å². The number of anilines is 2. The summed E-state index contributed by atoms with van der Waals surface area (Å²) in [5.41, 5.74) is 2.79. The number of hydrogen-bond acceptors (Lipinski definition) is 8. The van der Waals surface area contributed by atoms with Crippen LogP contribution in [0.15, 0.2) is 76.5 Å². The minimum Gasteiger partial charge on any atom is -0.497 e. The molecule has 10 heteroatoms. The Hall–Kier alpha value is -2.66. The van der Waals surface area contributed by atoms with Crippen LogP contribution in [0.3, 0.4) is 0 Å². The number of methoxy groups -OCH3 is 1. The highest BCUT2D eigenvalue weighted by molar-refractivity contribution is 7.99. The average molecular weight is 657 g/mol. The highest BCUT2D eigenvalue weighted by atomic mass is 32.2. The van der Waals surface area contributed by atoms with Crippen LogP contribution < -0.4 is 9.64 Å². The average Bonchev–Trinajstić information content (AvgIpc) is 3.11. The van der Waals surface area contributed by atoms with E-state index in [-0.39, 0.29) is 18.3 Å². The zero-order chi connectivity index (χ0) is 31.7. The van der Waals surface area contributed by atoms with E-state index >= 15 is 8.42 Å². The van der Waals surface area contributed by atoms with Crippen LogP contribution in [0.25, 0.3) is 0 Å². The molecule has 0 amide bonds. The lowest BCUT2D eigenvalue weighted by molar-refractivity contribution is -0.139. The third kappa shape index (κ3) is 7.58. The molecule has 4 rings (SSSR count). The van der Waals surface area contributed by atoms with E-state index < -0.39 is 15.6 Å². The summed E-state index contributed by atoms with van der Waals surface area (Å²) in [7, 11) is -2.34. The SMILES string of the molecule is CCCCC1(CC)CN(c2ccccc2)c2cc(SC)c(CSCC(=O)OCC)cc2S(=O)(=O)N1Cc1ccc(OC)cc1. The van der Waals surface area contributed by atoms with Gasteiger partial charge < -0.3 is 14.4 Å². The molecule has 0 saturated heterocycles. The smallest absolute Gasteiger partial charge is 0.315 e. The van der Waals surface area contributed by atoms with Crippen LogP contribution in [0, 0.1) is 0 Å². The summed E-state index contributed by atoms with van der Waals surface area (Å²) in [6.07, 6.45) is 5.29. The van der Waals surface area contributed by atoms with Crippen molar-refractivity contribution in [3.8, 4) is 5.75 Å². The Bertz CT molecular complexity index is 1500. The third-order valence-electron chi connectivity index (χ3n) is 8.19. The van der Waals surface area contributed by atoms with E-state index in [1.54, 1.807) is 30.1 Å². The number of ether oxygens (including phenoxy) is 2. The summed E-state index contributed by atoms with van der Waals surface area (Å²) in [5, 5.41) is 0. The van der Waals surface area contributed by atoms with Gasteiger partial charge in [-0.2, -0.15) is 4.31 Å². The lowest BCUT2D eigenvalue weighted by Gasteiger charge is -2.43. The molecule has 0 bridgehead atoms. The van der Waals surface area contributed by atoms with Crippen molar-refractivity contribution in [1.82, 2.24) is 4.31 Å². The second-order valence-electron chi connectivity index (χ2n) is 10.9. The van der Waals surface area contributed by atoms with Gasteiger partial charge in [-0.05, 0) is 73.5 Å². The van der Waals surface area contributed by atoms with Crippen LogP contribution in [0.2, 0.25) is 0 Å². The predicted molar refractivity (Wildman–Crippen MR) is 183 cm³/mol. The van der Waals surface area contributed by atoms with Crippen LogP contribution in [0.5, 0.6) is 5.75 Å². The fourth-order valence-electron chi connectivity index (χ4n) is 5.75. The molecule has 0 aliphatic carbocycles. The molecule has 3 aromatic carbocycles. The molecule has 0 radical (unpaired) electrons. The van der Waals surface area contributed by atoms with Gasteiger partial charge >= 0.3 is 5.97 Å². The number of unbranched alkanes of at least 4 members (excludes halogenated alkanes) is 1. The van der Waals surface area contributed by atoms with Crippen molar-refractivity contribution in [1.29, 1.82) is 0 Å². The lowest BCUT2D eigenvalue weighted by Crippen LogP contribution is -2.54. The van der Waals surface area contributed by atoms with Crippen molar-refractivity contribution in [2.75, 3.05) is 37.2 Å². The van der Waals surface area contributed by atoms with Gasteiger partial charge in [0.15, 0.2) is 0 Å². The van der Waals surface area contributed by atoms with Crippen molar-refractivity contribution in [3.63, 3.8) is 0 Å². The molecule has 1 atom stereocenters. The Morgan fingerprint density at radius 3 is 2.36 bits per heavy atom. The van der Waals surface area contributed by atoms with E-state index in [0.717, 1.165) is 46.7 Å². The number of carbonyl (C=O) groups excluding carboxylic acids is 1. The second kappa shape index (κ2) is 15.6. The molecule has 1 aliphatic rings. The topological polar surface area (TPSA) is 76.2 Å². The maximum absolute atomic E-state index is 15.1. The van der Waals surface area contributed by atoms with Gasteiger partial charge in [-0.15, -0.1) is 23.5 Å². The van der Waals surface area contributed by atoms with E-state index in [4.69, 9.17) is 9.47 Å². The summed E-state index contributed by atoms with van der Waals surface area (Å²) < 4.78 is 42.4. The highest BCUT2D eigenvalue weighted by Gasteiger charge is 2.48. The number of thioether (sulfide) groups is 2. The quantitative estimate of drug-likeness (QED) is 0.128. The molecule has 1 unspecified atom stereocenters. The van der Waals surface area contributed by atoms with Crippen LogP contribution >= 0.6 is 23.5 Å². The highest BCUT2D eigenvalue weighted by Crippen LogP contribution is 2.46. The number of hydrogen-bond donors (Lipinski definition) is 0. The fraction of sp³-hybridized carbons (Fsp3) is 0.441. The molecule has 238 valence electrons. The van der Waals surface area contributed by atoms with Gasteiger partial charge in [0, 0.05) is 29.4 Å². The van der Waals surface area contributed by atoms with E-state index in [1.165, 1.54) is 11.8 Å². The van der Waals surface area contributed by atoms with Crippen LogP contribution in [0.1, 0.15) is 57.6 Å². The Morgan fingerprint density at radius 1 is 1.02 bits per heavy atom. The standard InChI is InChI=1S/C34H44N2O5S3/c1-6-9-19-34(7-2)25-35(28-13-11-10-12-14-28)30-21-31(42-5)27(23-43-24-33(37)41-8-3)20-32(30)44(38,39)36(34)22-26-15-17-29(40-4)18-16-26/h10-18,20-21H,6-9,19,22-25H2,1-5H3. The molecule has 44 heavy (non-hydrogen) atoms. The monoisotopic (exact) mass is 656 g/mol. The predicted octanol–water partition coefficient (Wildman–Crippen LogP) is 7.90. The number of esters is 1. The number of nitrogens with zero attached hydrogens (tertiary/aromatic N) is 2. The Morgan fingerprint density at radius 2 is 1.75 bits per heavy atom. The summed E-state index contributed by atoms with van der Waals surface area (Å²) in [6.45, 7) is 7.17. The van der Waals surface area contributed by atoms with Gasteiger partial charge in [0.25, 0.3) is 0 Å². The minimum atomic E-state index is -3.97. The molecule has 1 aliphatic heterocycles. The van der Waals surface area contributed by atoms with Crippen LogP contribution in [-0.4, -0.2) is 56.5 Å². The first-order valence-corrected chi connectivity index (χ1v) is 19.0. The van der Waals surface area contributed by atoms with E-state index in [1.807, 2.05) is 60.9 Å². The molecule has 0 saturated carbocycles. The number of rotatable bonds is 14. The normalized spacial score (nSPS) is 18.0. The molecule has 1 heterocycles. The maximum Gasteiger partial charge on any atom is 0.315 e. The number of carbonyl (C=O) groups is 1. The Labute approximate surface area is 271 Å². The Kier molecular flexibility index (Phi) is 12.1. The molecule has 7 nitrogen and oxygen atoms in total. The first-order chi connectivity index (χ1) is 21.2.